The summed E-state index contributed by atoms with van der Waals surface area (Å²) in [6, 6.07) is 0. The third-order valence-electron chi connectivity index (χ3n) is 0.697. The molecule has 8 heavy (non-hydrogen) atoms. The Hall–Kier alpha value is 0.180. The summed E-state index contributed by atoms with van der Waals surface area (Å²) in [4.78, 5) is 0. The van der Waals surface area contributed by atoms with Gasteiger partial charge in [-0.15, -0.1) is 11.6 Å². The molecule has 50 valence electrons. The Bertz CT molecular complexity index is 49.7. The highest BCUT2D eigenvalue weighted by atomic mass is 35.5. The molecule has 3 heteroatoms. The van der Waals surface area contributed by atoms with Crippen molar-refractivity contribution >= 4 is 11.6 Å². The normalized spacial score (nSPS) is 13.9. The average Bonchev–Trinajstić information content (AvgIpc) is 1.66. The van der Waals surface area contributed by atoms with Crippen molar-refractivity contribution in [2.45, 2.75) is 12.3 Å². The molecule has 0 saturated carbocycles. The van der Waals surface area contributed by atoms with Gasteiger partial charge in [-0.05, 0) is 6.92 Å². The van der Waals surface area contributed by atoms with Crippen LogP contribution in [0.4, 0.5) is 4.39 Å². The quantitative estimate of drug-likeness (QED) is 0.456. The van der Waals surface area contributed by atoms with Gasteiger partial charge in [-0.2, -0.15) is 0 Å². The fraction of sp³-hybridized carbons (Fsp3) is 1.00. The molecule has 0 aliphatic heterocycles. The third kappa shape index (κ3) is 6.18. The predicted octanol–water partition coefficient (Wildman–Crippen LogP) is 1.17. The number of nitrogens with one attached hydrogen (secondary N) is 1. The summed E-state index contributed by atoms with van der Waals surface area (Å²) >= 11 is 5.53. The minimum Gasteiger partial charge on any atom is -0.313 e. The molecular formula is C5H11ClFN. The molecule has 0 aromatic rings. The van der Waals surface area contributed by atoms with E-state index in [9.17, 15) is 4.39 Å². The molecule has 0 spiro atoms. The van der Waals surface area contributed by atoms with E-state index in [1.165, 1.54) is 0 Å². The summed E-state index contributed by atoms with van der Waals surface area (Å²) in [5, 5.41) is 2.93. The molecule has 1 atom stereocenters. The van der Waals surface area contributed by atoms with Crippen molar-refractivity contribution in [3.63, 3.8) is 0 Å². The summed E-state index contributed by atoms with van der Waals surface area (Å²) in [5.74, 6) is 0. The van der Waals surface area contributed by atoms with Crippen LogP contribution in [0.1, 0.15) is 6.92 Å². The smallest absolute Gasteiger partial charge is 0.102 e. The standard InChI is InChI=1S/C5H11ClFN/c1-5(6)4-8-3-2-7/h5,8H,2-4H2,1H3. The predicted molar refractivity (Wildman–Crippen MR) is 34.2 cm³/mol. The molecule has 1 N–H and O–H groups in total. The van der Waals surface area contributed by atoms with E-state index in [1.807, 2.05) is 6.92 Å². The maximum Gasteiger partial charge on any atom is 0.102 e. The highest BCUT2D eigenvalue weighted by molar-refractivity contribution is 6.20. The van der Waals surface area contributed by atoms with Gasteiger partial charge in [0.2, 0.25) is 0 Å². The van der Waals surface area contributed by atoms with Gasteiger partial charge in [0.25, 0.3) is 0 Å². The van der Waals surface area contributed by atoms with Crippen LogP contribution in [0.5, 0.6) is 0 Å². The Kier molecular flexibility index (Phi) is 5.44. The Balaban J connectivity index is 2.72. The number of hydrogen-bond acceptors (Lipinski definition) is 1. The first kappa shape index (κ1) is 8.18. The van der Waals surface area contributed by atoms with Gasteiger partial charge in [0.1, 0.15) is 6.67 Å². The summed E-state index contributed by atoms with van der Waals surface area (Å²) < 4.78 is 11.3. The molecule has 0 aliphatic carbocycles. The lowest BCUT2D eigenvalue weighted by molar-refractivity contribution is 0.468. The van der Waals surface area contributed by atoms with Crippen molar-refractivity contribution in [3.05, 3.63) is 0 Å². The maximum atomic E-state index is 11.3. The van der Waals surface area contributed by atoms with Crippen LogP contribution in [-0.2, 0) is 0 Å². The van der Waals surface area contributed by atoms with Crippen LogP contribution < -0.4 is 5.32 Å². The summed E-state index contributed by atoms with van der Waals surface area (Å²) in [6.45, 7) is 2.65. The van der Waals surface area contributed by atoms with Gasteiger partial charge >= 0.3 is 0 Å². The van der Waals surface area contributed by atoms with E-state index < -0.39 is 0 Å². The van der Waals surface area contributed by atoms with Crippen molar-refractivity contribution in [3.8, 4) is 0 Å². The lowest BCUT2D eigenvalue weighted by Gasteiger charge is -2.01. The number of hydrogen-bond donors (Lipinski definition) is 1. The van der Waals surface area contributed by atoms with Crippen LogP contribution in [0.25, 0.3) is 0 Å². The largest absolute Gasteiger partial charge is 0.313 e. The average molecular weight is 140 g/mol. The molecule has 1 nitrogen and oxygen atoms in total. The lowest BCUT2D eigenvalue weighted by Crippen LogP contribution is -2.23. The van der Waals surface area contributed by atoms with Crippen LogP contribution in [0.15, 0.2) is 0 Å². The highest BCUT2D eigenvalue weighted by Gasteiger charge is 1.91. The van der Waals surface area contributed by atoms with Crippen molar-refractivity contribution in [1.82, 2.24) is 5.32 Å². The van der Waals surface area contributed by atoms with E-state index in [2.05, 4.69) is 5.32 Å². The van der Waals surface area contributed by atoms with Crippen molar-refractivity contribution in [2.24, 2.45) is 0 Å². The second-order valence-corrected chi connectivity index (χ2v) is 2.42. The third-order valence-corrected chi connectivity index (χ3v) is 0.851. The molecule has 0 amide bonds. The summed E-state index contributed by atoms with van der Waals surface area (Å²) in [6.07, 6.45) is 0. The minimum atomic E-state index is -0.316. The molecule has 0 radical (unpaired) electrons. The Morgan fingerprint density at radius 1 is 1.75 bits per heavy atom. The van der Waals surface area contributed by atoms with E-state index in [0.717, 1.165) is 0 Å². The lowest BCUT2D eigenvalue weighted by atomic mass is 10.5. The molecule has 0 aromatic heterocycles. The molecule has 0 bridgehead atoms. The van der Waals surface area contributed by atoms with Gasteiger partial charge in [0.05, 0.1) is 0 Å². The van der Waals surface area contributed by atoms with Gasteiger partial charge in [-0.1, -0.05) is 0 Å². The fourth-order valence-electron chi connectivity index (χ4n) is 0.368. The van der Waals surface area contributed by atoms with E-state index in [4.69, 9.17) is 11.6 Å². The first-order valence-electron chi connectivity index (χ1n) is 2.68. The van der Waals surface area contributed by atoms with E-state index >= 15 is 0 Å². The highest BCUT2D eigenvalue weighted by Crippen LogP contribution is 1.87. The number of alkyl halides is 2. The summed E-state index contributed by atoms with van der Waals surface area (Å²) in [5.41, 5.74) is 0. The minimum absolute atomic E-state index is 0.0987. The van der Waals surface area contributed by atoms with Crippen LogP contribution in [0.2, 0.25) is 0 Å². The second kappa shape index (κ2) is 5.32. The molecule has 0 aliphatic rings. The van der Waals surface area contributed by atoms with Gasteiger partial charge in [-0.3, -0.25) is 0 Å². The van der Waals surface area contributed by atoms with Crippen LogP contribution in [0.3, 0.4) is 0 Å². The van der Waals surface area contributed by atoms with Gasteiger partial charge in [-0.25, -0.2) is 4.39 Å². The fourth-order valence-corrected chi connectivity index (χ4v) is 0.477. The second-order valence-electron chi connectivity index (χ2n) is 1.67. The van der Waals surface area contributed by atoms with Gasteiger partial charge < -0.3 is 5.32 Å². The molecule has 0 saturated heterocycles. The van der Waals surface area contributed by atoms with Crippen LogP contribution in [-0.4, -0.2) is 25.1 Å². The Labute approximate surface area is 54.2 Å². The van der Waals surface area contributed by atoms with Crippen molar-refractivity contribution in [2.75, 3.05) is 19.8 Å². The zero-order chi connectivity index (χ0) is 6.41. The van der Waals surface area contributed by atoms with E-state index in [-0.39, 0.29) is 12.1 Å². The monoisotopic (exact) mass is 139 g/mol. The van der Waals surface area contributed by atoms with E-state index in [0.29, 0.717) is 13.1 Å². The molecule has 1 unspecified atom stereocenters. The first-order valence-corrected chi connectivity index (χ1v) is 3.11. The number of rotatable bonds is 4. The van der Waals surface area contributed by atoms with Crippen molar-refractivity contribution < 1.29 is 4.39 Å². The molecule has 0 rings (SSSR count). The van der Waals surface area contributed by atoms with Crippen molar-refractivity contribution in [1.29, 1.82) is 0 Å². The summed E-state index contributed by atoms with van der Waals surface area (Å²) in [7, 11) is 0. The molecule has 0 aromatic carbocycles. The number of halogens is 2. The maximum absolute atomic E-state index is 11.3. The zero-order valence-corrected chi connectivity index (χ0v) is 5.71. The Morgan fingerprint density at radius 2 is 2.38 bits per heavy atom. The Morgan fingerprint density at radius 3 is 2.75 bits per heavy atom. The molecule has 0 fully saturated rings. The van der Waals surface area contributed by atoms with Crippen LogP contribution in [0, 0.1) is 0 Å². The van der Waals surface area contributed by atoms with E-state index in [1.54, 1.807) is 0 Å². The topological polar surface area (TPSA) is 12.0 Å². The van der Waals surface area contributed by atoms with Gasteiger partial charge in [0, 0.05) is 18.5 Å². The van der Waals surface area contributed by atoms with Crippen LogP contribution >= 0.6 is 11.6 Å². The SMILES string of the molecule is CC(Cl)CNCCF. The zero-order valence-electron chi connectivity index (χ0n) is 4.95. The first-order chi connectivity index (χ1) is 3.77. The molecular weight excluding hydrogens is 129 g/mol. The van der Waals surface area contributed by atoms with Gasteiger partial charge in [0.15, 0.2) is 0 Å². The molecule has 0 heterocycles.